The molecule has 0 bridgehead atoms. The van der Waals surface area contributed by atoms with Crippen LogP contribution in [0.5, 0.6) is 5.75 Å². The molecule has 3 rings (SSSR count). The van der Waals surface area contributed by atoms with E-state index in [1.165, 1.54) is 23.4 Å². The first-order valence-electron chi connectivity index (χ1n) is 9.20. The van der Waals surface area contributed by atoms with Crippen LogP contribution < -0.4 is 10.3 Å². The van der Waals surface area contributed by atoms with Crippen molar-refractivity contribution in [3.8, 4) is 5.75 Å². The van der Waals surface area contributed by atoms with Crippen molar-refractivity contribution in [2.24, 2.45) is 5.10 Å². The molecule has 2 aromatic rings. The summed E-state index contributed by atoms with van der Waals surface area (Å²) in [7, 11) is 2.15. The summed E-state index contributed by atoms with van der Waals surface area (Å²) in [4.78, 5) is 14.5. The normalized spacial score (nSPS) is 18.4. The maximum Gasteiger partial charge on any atom is 0.271 e. The molecule has 142 valence electrons. The van der Waals surface area contributed by atoms with E-state index in [1.54, 1.807) is 18.3 Å². The van der Waals surface area contributed by atoms with Crippen LogP contribution in [0.1, 0.15) is 60.2 Å². The Labute approximate surface area is 160 Å². The van der Waals surface area contributed by atoms with Crippen LogP contribution in [-0.4, -0.2) is 29.8 Å². The number of carbonyl (C=O) groups is 1. The third-order valence-electron chi connectivity index (χ3n) is 5.52. The summed E-state index contributed by atoms with van der Waals surface area (Å²) < 4.78 is 0. The van der Waals surface area contributed by atoms with Gasteiger partial charge in [-0.15, -0.1) is 0 Å². The number of nitrogens with zero attached hydrogens (tertiary/aromatic N) is 2. The van der Waals surface area contributed by atoms with Crippen LogP contribution >= 0.6 is 0 Å². The molecular weight excluding hydrogens is 338 g/mol. The molecule has 5 nitrogen and oxygen atoms in total. The molecule has 0 unspecified atom stereocenters. The van der Waals surface area contributed by atoms with Gasteiger partial charge in [0.15, 0.2) is 0 Å². The molecule has 0 saturated heterocycles. The molecule has 1 aliphatic heterocycles. The standard InChI is InChI=1S/C22H27N3O2/c1-14-10-20-19(15(2)12-22(3,4)25(20)5)11-17(14)13-23-24-21(27)16-6-8-18(26)9-7-16/h6-11,13,15,26H,12H2,1-5H3,(H,24,27)/b23-13-/t15-/m1/s1. The summed E-state index contributed by atoms with van der Waals surface area (Å²) in [5.41, 5.74) is 7.82. The van der Waals surface area contributed by atoms with E-state index in [9.17, 15) is 9.90 Å². The molecule has 27 heavy (non-hydrogen) atoms. The quantitative estimate of drug-likeness (QED) is 0.633. The average Bonchev–Trinajstić information content (AvgIpc) is 2.61. The van der Waals surface area contributed by atoms with Crippen molar-refractivity contribution in [1.29, 1.82) is 0 Å². The molecule has 0 aliphatic carbocycles. The molecule has 1 aliphatic rings. The van der Waals surface area contributed by atoms with Gasteiger partial charge in [0.05, 0.1) is 6.21 Å². The molecule has 0 spiro atoms. The maximum atomic E-state index is 12.1. The zero-order valence-electron chi connectivity index (χ0n) is 16.6. The van der Waals surface area contributed by atoms with Gasteiger partial charge in [0.1, 0.15) is 5.75 Å². The zero-order valence-corrected chi connectivity index (χ0v) is 16.6. The molecular formula is C22H27N3O2. The molecule has 1 amide bonds. The van der Waals surface area contributed by atoms with Crippen molar-refractivity contribution in [3.63, 3.8) is 0 Å². The minimum absolute atomic E-state index is 0.127. The highest BCUT2D eigenvalue weighted by Gasteiger charge is 2.34. The Hall–Kier alpha value is -2.82. The molecule has 1 heterocycles. The molecule has 2 N–H and O–H groups in total. The number of aryl methyl sites for hydroxylation is 1. The van der Waals surface area contributed by atoms with Crippen molar-refractivity contribution in [3.05, 3.63) is 58.7 Å². The topological polar surface area (TPSA) is 64.9 Å². The van der Waals surface area contributed by atoms with Crippen LogP contribution in [-0.2, 0) is 0 Å². The number of amides is 1. The number of hydrazone groups is 1. The van der Waals surface area contributed by atoms with E-state index in [1.807, 2.05) is 0 Å². The fourth-order valence-electron chi connectivity index (χ4n) is 3.71. The lowest BCUT2D eigenvalue weighted by Gasteiger charge is -2.45. The van der Waals surface area contributed by atoms with Crippen molar-refractivity contribution in [2.45, 2.75) is 45.6 Å². The lowest BCUT2D eigenvalue weighted by atomic mass is 9.79. The van der Waals surface area contributed by atoms with Crippen LogP contribution in [0.2, 0.25) is 0 Å². The van der Waals surface area contributed by atoms with Crippen molar-refractivity contribution < 1.29 is 9.90 Å². The SMILES string of the molecule is Cc1cc2c(cc1/C=N\NC(=O)c1ccc(O)cc1)[C@H](C)CC(C)(C)N2C. The Morgan fingerprint density at radius 2 is 1.96 bits per heavy atom. The molecule has 1 atom stereocenters. The predicted octanol–water partition coefficient (Wildman–Crippen LogP) is 4.19. The number of hydrogen-bond donors (Lipinski definition) is 2. The second kappa shape index (κ2) is 7.06. The largest absolute Gasteiger partial charge is 0.508 e. The van der Waals surface area contributed by atoms with Gasteiger partial charge in [-0.1, -0.05) is 6.92 Å². The van der Waals surface area contributed by atoms with E-state index in [4.69, 9.17) is 0 Å². The zero-order chi connectivity index (χ0) is 19.8. The van der Waals surface area contributed by atoms with Gasteiger partial charge in [-0.3, -0.25) is 4.79 Å². The average molecular weight is 365 g/mol. The van der Waals surface area contributed by atoms with Crippen LogP contribution in [0.15, 0.2) is 41.5 Å². The van der Waals surface area contributed by atoms with E-state index >= 15 is 0 Å². The van der Waals surface area contributed by atoms with E-state index in [2.05, 4.69) is 62.3 Å². The second-order valence-corrected chi connectivity index (χ2v) is 7.99. The van der Waals surface area contributed by atoms with Crippen LogP contribution in [0.4, 0.5) is 5.69 Å². The smallest absolute Gasteiger partial charge is 0.271 e. The summed E-state index contributed by atoms with van der Waals surface area (Å²) in [6.07, 6.45) is 2.79. The number of phenols is 1. The maximum absolute atomic E-state index is 12.1. The summed E-state index contributed by atoms with van der Waals surface area (Å²) >= 11 is 0. The van der Waals surface area contributed by atoms with Crippen molar-refractivity contribution >= 4 is 17.8 Å². The van der Waals surface area contributed by atoms with E-state index in [0.29, 0.717) is 11.5 Å². The lowest BCUT2D eigenvalue weighted by Crippen LogP contribution is -2.45. The van der Waals surface area contributed by atoms with Crippen molar-refractivity contribution in [1.82, 2.24) is 5.43 Å². The molecule has 0 radical (unpaired) electrons. The molecule has 0 fully saturated rings. The van der Waals surface area contributed by atoms with Crippen LogP contribution in [0.25, 0.3) is 0 Å². The number of fused-ring (bicyclic) bond motifs is 1. The summed E-state index contributed by atoms with van der Waals surface area (Å²) in [5, 5.41) is 13.4. The van der Waals surface area contributed by atoms with Gasteiger partial charge >= 0.3 is 0 Å². The number of hydrogen-bond acceptors (Lipinski definition) is 4. The number of benzene rings is 2. The Balaban J connectivity index is 1.80. The minimum atomic E-state index is -0.309. The molecule has 2 aromatic carbocycles. The van der Waals surface area contributed by atoms with E-state index in [0.717, 1.165) is 17.5 Å². The van der Waals surface area contributed by atoms with Crippen LogP contribution in [0.3, 0.4) is 0 Å². The Bertz CT molecular complexity index is 885. The Morgan fingerprint density at radius 1 is 1.30 bits per heavy atom. The lowest BCUT2D eigenvalue weighted by molar-refractivity contribution is 0.0955. The first-order chi connectivity index (χ1) is 12.7. The Kier molecular flexibility index (Phi) is 4.96. The van der Waals surface area contributed by atoms with Gasteiger partial charge < -0.3 is 10.0 Å². The molecule has 5 heteroatoms. The number of anilines is 1. The van der Waals surface area contributed by atoms with E-state index in [-0.39, 0.29) is 17.2 Å². The summed E-state index contributed by atoms with van der Waals surface area (Å²) in [6, 6.07) is 10.5. The molecule has 0 saturated carbocycles. The van der Waals surface area contributed by atoms with Gasteiger partial charge in [0.25, 0.3) is 5.91 Å². The number of rotatable bonds is 3. The highest BCUT2D eigenvalue weighted by atomic mass is 16.3. The minimum Gasteiger partial charge on any atom is -0.508 e. The van der Waals surface area contributed by atoms with Crippen LogP contribution in [0, 0.1) is 6.92 Å². The summed E-state index contributed by atoms with van der Waals surface area (Å²) in [6.45, 7) is 8.87. The number of carbonyl (C=O) groups excluding carboxylic acids is 1. The first kappa shape index (κ1) is 19.0. The highest BCUT2D eigenvalue weighted by molar-refractivity contribution is 5.95. The van der Waals surface area contributed by atoms with Gasteiger partial charge in [-0.2, -0.15) is 5.10 Å². The van der Waals surface area contributed by atoms with Gasteiger partial charge in [-0.05, 0) is 86.2 Å². The third kappa shape index (κ3) is 3.82. The monoisotopic (exact) mass is 365 g/mol. The first-order valence-corrected chi connectivity index (χ1v) is 9.20. The summed E-state index contributed by atoms with van der Waals surface area (Å²) in [5.74, 6) is 0.282. The van der Waals surface area contributed by atoms with E-state index < -0.39 is 0 Å². The number of phenolic OH excluding ortho intramolecular Hbond substituents is 1. The number of aromatic hydroxyl groups is 1. The second-order valence-electron chi connectivity index (χ2n) is 7.99. The Morgan fingerprint density at radius 3 is 2.63 bits per heavy atom. The third-order valence-corrected chi connectivity index (χ3v) is 5.52. The highest BCUT2D eigenvalue weighted by Crippen LogP contribution is 2.43. The molecule has 0 aromatic heterocycles. The fourth-order valence-corrected chi connectivity index (χ4v) is 3.71. The van der Waals surface area contributed by atoms with Gasteiger partial charge in [-0.25, -0.2) is 5.43 Å². The van der Waals surface area contributed by atoms with Gasteiger partial charge in [0, 0.05) is 23.8 Å². The van der Waals surface area contributed by atoms with Gasteiger partial charge in [0.2, 0.25) is 0 Å². The number of nitrogens with one attached hydrogen (secondary N) is 1. The fraction of sp³-hybridized carbons (Fsp3) is 0.364. The predicted molar refractivity (Wildman–Crippen MR) is 110 cm³/mol. The van der Waals surface area contributed by atoms with Crippen molar-refractivity contribution in [2.75, 3.05) is 11.9 Å².